The lowest BCUT2D eigenvalue weighted by Crippen LogP contribution is -2.44. The molecule has 0 amide bonds. The van der Waals surface area contributed by atoms with Crippen LogP contribution < -0.4 is 10.6 Å². The average molecular weight is 370 g/mol. The monoisotopic (exact) mass is 369 g/mol. The zero-order valence-electron chi connectivity index (χ0n) is 14.4. The lowest BCUT2D eigenvalue weighted by molar-refractivity contribution is 0.582. The Morgan fingerprint density at radius 2 is 2.04 bits per heavy atom. The highest BCUT2D eigenvalue weighted by molar-refractivity contribution is 8.00. The first-order valence-corrected chi connectivity index (χ1v) is 11.0. The minimum atomic E-state index is -3.20. The Morgan fingerprint density at radius 1 is 1.29 bits per heavy atom. The molecule has 0 radical (unpaired) electrons. The second-order valence-electron chi connectivity index (χ2n) is 6.24. The van der Waals surface area contributed by atoms with E-state index in [0.717, 1.165) is 12.5 Å². The molecule has 1 aromatic carbocycles. The quantitative estimate of drug-likeness (QED) is 0.438. The Morgan fingerprint density at radius 3 is 2.67 bits per heavy atom. The number of hydrogen-bond acceptors (Lipinski definition) is 4. The molecular formula is C17H27N3O2S2. The molecule has 1 aliphatic rings. The number of sulfone groups is 1. The molecule has 1 unspecified atom stereocenters. The molecule has 134 valence electrons. The van der Waals surface area contributed by atoms with E-state index in [4.69, 9.17) is 0 Å². The van der Waals surface area contributed by atoms with Crippen LogP contribution in [0.2, 0.25) is 0 Å². The van der Waals surface area contributed by atoms with Crippen molar-refractivity contribution < 1.29 is 8.42 Å². The molecule has 24 heavy (non-hydrogen) atoms. The van der Waals surface area contributed by atoms with Crippen LogP contribution in [-0.2, 0) is 9.84 Å². The van der Waals surface area contributed by atoms with E-state index in [0.29, 0.717) is 17.9 Å². The highest BCUT2D eigenvalue weighted by Crippen LogP contribution is 2.36. The summed E-state index contributed by atoms with van der Waals surface area (Å²) in [4.78, 5) is 4.60. The lowest BCUT2D eigenvalue weighted by atomic mass is 10.1. The third kappa shape index (κ3) is 5.70. The number of benzene rings is 1. The first-order valence-electron chi connectivity index (χ1n) is 8.31. The maximum atomic E-state index is 12.2. The Kier molecular flexibility index (Phi) is 6.98. The fraction of sp³-hybridized carbons (Fsp3) is 0.588. The van der Waals surface area contributed by atoms with Gasteiger partial charge in [-0.3, -0.25) is 4.99 Å². The van der Waals surface area contributed by atoms with Crippen molar-refractivity contribution in [2.24, 2.45) is 4.99 Å². The molecule has 2 N–H and O–H groups in total. The summed E-state index contributed by atoms with van der Waals surface area (Å²) in [6.45, 7) is 3.73. The van der Waals surface area contributed by atoms with E-state index in [-0.39, 0.29) is 10.5 Å². The molecule has 0 aromatic heterocycles. The number of nitrogens with one attached hydrogen (secondary N) is 2. The van der Waals surface area contributed by atoms with Crippen LogP contribution in [0.3, 0.4) is 0 Å². The van der Waals surface area contributed by atoms with Crippen LogP contribution in [0.5, 0.6) is 0 Å². The van der Waals surface area contributed by atoms with Crippen molar-refractivity contribution in [2.45, 2.75) is 35.8 Å². The predicted molar refractivity (Wildman–Crippen MR) is 103 cm³/mol. The number of guanidine groups is 1. The van der Waals surface area contributed by atoms with Gasteiger partial charge in [-0.25, -0.2) is 8.42 Å². The molecule has 0 saturated carbocycles. The Balaban J connectivity index is 1.72. The molecule has 1 fully saturated rings. The first kappa shape index (κ1) is 19.1. The van der Waals surface area contributed by atoms with Gasteiger partial charge in [-0.2, -0.15) is 11.8 Å². The largest absolute Gasteiger partial charge is 0.356 e. The molecule has 1 atom stereocenters. The van der Waals surface area contributed by atoms with E-state index in [2.05, 4.69) is 22.5 Å². The van der Waals surface area contributed by atoms with Gasteiger partial charge in [0, 0.05) is 24.9 Å². The molecule has 1 saturated heterocycles. The SMILES string of the molecule is CN=C(NCCCS(=O)(=O)c1ccccc1)NCC1(C)CCCS1. The van der Waals surface area contributed by atoms with E-state index in [1.807, 2.05) is 17.8 Å². The van der Waals surface area contributed by atoms with E-state index in [1.54, 1.807) is 31.3 Å². The van der Waals surface area contributed by atoms with E-state index in [9.17, 15) is 8.42 Å². The summed E-state index contributed by atoms with van der Waals surface area (Å²) in [6, 6.07) is 8.60. The van der Waals surface area contributed by atoms with Crippen molar-refractivity contribution in [3.8, 4) is 0 Å². The van der Waals surface area contributed by atoms with Crippen LogP contribution in [-0.4, -0.2) is 50.8 Å². The normalized spacial score (nSPS) is 21.7. The number of aliphatic imine (C=N–C) groups is 1. The predicted octanol–water partition coefficient (Wildman–Crippen LogP) is 2.30. The fourth-order valence-electron chi connectivity index (χ4n) is 2.68. The number of hydrogen-bond donors (Lipinski definition) is 2. The molecule has 7 heteroatoms. The minimum Gasteiger partial charge on any atom is -0.356 e. The van der Waals surface area contributed by atoms with Crippen molar-refractivity contribution in [3.63, 3.8) is 0 Å². The van der Waals surface area contributed by atoms with E-state index in [1.165, 1.54) is 18.6 Å². The van der Waals surface area contributed by atoms with E-state index < -0.39 is 9.84 Å². The highest BCUT2D eigenvalue weighted by Gasteiger charge is 2.29. The zero-order valence-corrected chi connectivity index (χ0v) is 16.0. The van der Waals surface area contributed by atoms with Gasteiger partial charge in [0.15, 0.2) is 15.8 Å². The van der Waals surface area contributed by atoms with Gasteiger partial charge in [-0.15, -0.1) is 0 Å². The van der Waals surface area contributed by atoms with Crippen molar-refractivity contribution in [1.82, 2.24) is 10.6 Å². The van der Waals surface area contributed by atoms with Crippen LogP contribution in [0.15, 0.2) is 40.2 Å². The number of thioether (sulfide) groups is 1. The van der Waals surface area contributed by atoms with Crippen LogP contribution in [0.1, 0.15) is 26.2 Å². The molecular weight excluding hydrogens is 342 g/mol. The van der Waals surface area contributed by atoms with Crippen LogP contribution in [0.4, 0.5) is 0 Å². The molecule has 5 nitrogen and oxygen atoms in total. The third-order valence-corrected chi connectivity index (χ3v) is 7.49. The molecule has 0 bridgehead atoms. The number of nitrogens with zero attached hydrogens (tertiary/aromatic N) is 1. The van der Waals surface area contributed by atoms with Gasteiger partial charge in [0.1, 0.15) is 0 Å². The van der Waals surface area contributed by atoms with Gasteiger partial charge in [0.25, 0.3) is 0 Å². The van der Waals surface area contributed by atoms with Crippen LogP contribution >= 0.6 is 11.8 Å². The Labute approximate surface area is 149 Å². The van der Waals surface area contributed by atoms with Crippen LogP contribution in [0.25, 0.3) is 0 Å². The summed E-state index contributed by atoms with van der Waals surface area (Å²) in [7, 11) is -1.47. The van der Waals surface area contributed by atoms with Gasteiger partial charge in [0.05, 0.1) is 10.6 Å². The minimum absolute atomic E-state index is 0.134. The third-order valence-electron chi connectivity index (χ3n) is 4.14. The number of rotatable bonds is 7. The zero-order chi connectivity index (χ0) is 17.5. The lowest BCUT2D eigenvalue weighted by Gasteiger charge is -2.24. The first-order chi connectivity index (χ1) is 11.5. The maximum Gasteiger partial charge on any atom is 0.191 e. The second-order valence-corrected chi connectivity index (χ2v) is 10.0. The van der Waals surface area contributed by atoms with Gasteiger partial charge < -0.3 is 10.6 Å². The smallest absolute Gasteiger partial charge is 0.191 e. The molecule has 0 spiro atoms. The van der Waals surface area contributed by atoms with Crippen molar-refractivity contribution in [2.75, 3.05) is 31.6 Å². The van der Waals surface area contributed by atoms with Gasteiger partial charge in [-0.1, -0.05) is 18.2 Å². The topological polar surface area (TPSA) is 70.6 Å². The standard InChI is InChI=1S/C17H27N3O2S2/c1-17(10-6-12-23-17)14-20-16(18-2)19-11-7-13-24(21,22)15-8-4-3-5-9-15/h3-5,8-9H,6-7,10-14H2,1-2H3,(H2,18,19,20). The second kappa shape index (κ2) is 8.76. The van der Waals surface area contributed by atoms with Crippen molar-refractivity contribution in [3.05, 3.63) is 30.3 Å². The highest BCUT2D eigenvalue weighted by atomic mass is 32.2. The molecule has 1 aliphatic heterocycles. The van der Waals surface area contributed by atoms with Crippen molar-refractivity contribution in [1.29, 1.82) is 0 Å². The summed E-state index contributed by atoms with van der Waals surface area (Å²) in [5, 5.41) is 6.55. The summed E-state index contributed by atoms with van der Waals surface area (Å²) in [5.41, 5.74) is 0. The summed E-state index contributed by atoms with van der Waals surface area (Å²) < 4.78 is 24.7. The molecule has 1 aromatic rings. The van der Waals surface area contributed by atoms with E-state index >= 15 is 0 Å². The summed E-state index contributed by atoms with van der Waals surface area (Å²) in [6.07, 6.45) is 3.03. The molecule has 2 rings (SSSR count). The Hall–Kier alpha value is -1.21. The van der Waals surface area contributed by atoms with Gasteiger partial charge in [-0.05, 0) is 44.1 Å². The molecule has 1 heterocycles. The molecule has 0 aliphatic carbocycles. The maximum absolute atomic E-state index is 12.2. The van der Waals surface area contributed by atoms with Gasteiger partial charge in [0.2, 0.25) is 0 Å². The fourth-order valence-corrected chi connectivity index (χ4v) is 5.26. The average Bonchev–Trinajstić information content (AvgIpc) is 3.02. The summed E-state index contributed by atoms with van der Waals surface area (Å²) >= 11 is 2.00. The Bertz CT molecular complexity index is 639. The van der Waals surface area contributed by atoms with Gasteiger partial charge >= 0.3 is 0 Å². The summed E-state index contributed by atoms with van der Waals surface area (Å²) in [5.74, 6) is 2.09. The van der Waals surface area contributed by atoms with Crippen molar-refractivity contribution >= 4 is 27.6 Å². The van der Waals surface area contributed by atoms with Crippen LogP contribution in [0, 0.1) is 0 Å².